The third kappa shape index (κ3) is 5.72. The molecule has 1 aliphatic rings. The van der Waals surface area contributed by atoms with Gasteiger partial charge in [-0.15, -0.1) is 0 Å². The smallest absolute Gasteiger partial charge is 0.223 e. The number of rotatable bonds is 8. The highest BCUT2D eigenvalue weighted by Crippen LogP contribution is 2.23. The Labute approximate surface area is 216 Å². The first-order valence-electron chi connectivity index (χ1n) is 12.4. The van der Waals surface area contributed by atoms with Gasteiger partial charge in [0.15, 0.2) is 0 Å². The molecule has 1 aliphatic heterocycles. The average molecular weight is 503 g/mol. The zero-order valence-corrected chi connectivity index (χ0v) is 21.2. The lowest BCUT2D eigenvalue weighted by Crippen LogP contribution is -2.40. The first-order valence-corrected chi connectivity index (χ1v) is 12.8. The number of likely N-dealkylation sites (tertiary alicyclic amines) is 1. The second-order valence-corrected chi connectivity index (χ2v) is 9.78. The molecule has 0 unspecified atom stereocenters. The highest BCUT2D eigenvalue weighted by molar-refractivity contribution is 6.30. The standard InChI is InChI=1S/C29H31ClN4O2/c1-36-25-12-8-22(9-13-25)19-34-27-5-3-2-4-26(27)32-28(34)20-33-16-14-23(15-17-33)29(35)31-18-21-6-10-24(30)11-7-21/h2-13,23H,14-20H2,1H3,(H,31,35). The van der Waals surface area contributed by atoms with Gasteiger partial charge in [0.2, 0.25) is 5.91 Å². The van der Waals surface area contributed by atoms with Crippen LogP contribution in [0.25, 0.3) is 11.0 Å². The summed E-state index contributed by atoms with van der Waals surface area (Å²) in [5, 5.41) is 3.79. The Balaban J connectivity index is 1.21. The van der Waals surface area contributed by atoms with E-state index >= 15 is 0 Å². The van der Waals surface area contributed by atoms with Crippen molar-refractivity contribution in [3.05, 3.63) is 94.8 Å². The maximum atomic E-state index is 12.7. The van der Waals surface area contributed by atoms with Crippen LogP contribution in [0.5, 0.6) is 5.75 Å². The van der Waals surface area contributed by atoms with Crippen molar-refractivity contribution in [2.24, 2.45) is 5.92 Å². The van der Waals surface area contributed by atoms with E-state index in [4.69, 9.17) is 21.3 Å². The van der Waals surface area contributed by atoms with E-state index in [1.807, 2.05) is 42.5 Å². The predicted molar refractivity (Wildman–Crippen MR) is 143 cm³/mol. The van der Waals surface area contributed by atoms with Crippen LogP contribution in [-0.2, 0) is 24.4 Å². The van der Waals surface area contributed by atoms with Crippen molar-refractivity contribution in [2.75, 3.05) is 20.2 Å². The summed E-state index contributed by atoms with van der Waals surface area (Å²) < 4.78 is 7.61. The topological polar surface area (TPSA) is 59.4 Å². The Morgan fingerprint density at radius 2 is 1.67 bits per heavy atom. The van der Waals surface area contributed by atoms with Crippen LogP contribution in [0.2, 0.25) is 5.02 Å². The fourth-order valence-electron chi connectivity index (χ4n) is 4.83. The van der Waals surface area contributed by atoms with Crippen LogP contribution >= 0.6 is 11.6 Å². The quantitative estimate of drug-likeness (QED) is 0.356. The highest BCUT2D eigenvalue weighted by Gasteiger charge is 2.26. The van der Waals surface area contributed by atoms with Gasteiger partial charge in [0.05, 0.1) is 24.7 Å². The molecule has 0 aliphatic carbocycles. The van der Waals surface area contributed by atoms with E-state index in [0.717, 1.165) is 67.2 Å². The van der Waals surface area contributed by atoms with Gasteiger partial charge in [-0.2, -0.15) is 0 Å². The van der Waals surface area contributed by atoms with Crippen LogP contribution in [0.1, 0.15) is 29.8 Å². The van der Waals surface area contributed by atoms with Gasteiger partial charge >= 0.3 is 0 Å². The molecule has 1 N–H and O–H groups in total. The molecule has 2 heterocycles. The zero-order chi connectivity index (χ0) is 24.9. The highest BCUT2D eigenvalue weighted by atomic mass is 35.5. The minimum atomic E-state index is 0.0478. The van der Waals surface area contributed by atoms with E-state index in [1.165, 1.54) is 5.56 Å². The van der Waals surface area contributed by atoms with Crippen LogP contribution in [0.3, 0.4) is 0 Å². The Bertz CT molecular complexity index is 1310. The van der Waals surface area contributed by atoms with Gasteiger partial charge < -0.3 is 14.6 Å². The number of nitrogens with zero attached hydrogens (tertiary/aromatic N) is 3. The number of amides is 1. The number of imidazole rings is 1. The fourth-order valence-corrected chi connectivity index (χ4v) is 4.95. The molecule has 1 amide bonds. The number of aromatic nitrogens is 2. The molecule has 1 fully saturated rings. The number of fused-ring (bicyclic) bond motifs is 1. The van der Waals surface area contributed by atoms with E-state index in [1.54, 1.807) is 7.11 Å². The van der Waals surface area contributed by atoms with Gasteiger partial charge in [0, 0.05) is 24.0 Å². The lowest BCUT2D eigenvalue weighted by Gasteiger charge is -2.31. The van der Waals surface area contributed by atoms with Crippen molar-refractivity contribution in [3.8, 4) is 5.75 Å². The van der Waals surface area contributed by atoms with Crippen LogP contribution in [0.15, 0.2) is 72.8 Å². The van der Waals surface area contributed by atoms with Gasteiger partial charge in [0.25, 0.3) is 0 Å². The molecule has 5 rings (SSSR count). The fraction of sp³-hybridized carbons (Fsp3) is 0.310. The lowest BCUT2D eigenvalue weighted by atomic mass is 9.96. The van der Waals surface area contributed by atoms with Crippen LogP contribution in [-0.4, -0.2) is 40.6 Å². The molecule has 0 saturated carbocycles. The number of halogens is 1. The Morgan fingerprint density at radius 3 is 2.39 bits per heavy atom. The summed E-state index contributed by atoms with van der Waals surface area (Å²) in [5.41, 5.74) is 4.41. The predicted octanol–water partition coefficient (Wildman–Crippen LogP) is 5.28. The van der Waals surface area contributed by atoms with Crippen molar-refractivity contribution >= 4 is 28.5 Å². The van der Waals surface area contributed by atoms with Crippen molar-refractivity contribution < 1.29 is 9.53 Å². The molecule has 0 radical (unpaired) electrons. The molecule has 36 heavy (non-hydrogen) atoms. The lowest BCUT2D eigenvalue weighted by molar-refractivity contribution is -0.126. The Kier molecular flexibility index (Phi) is 7.54. The summed E-state index contributed by atoms with van der Waals surface area (Å²) in [6, 6.07) is 24.1. The Hall–Kier alpha value is -3.35. The molecular weight excluding hydrogens is 472 g/mol. The molecule has 1 saturated heterocycles. The number of nitrogens with one attached hydrogen (secondary N) is 1. The second-order valence-electron chi connectivity index (χ2n) is 9.35. The number of carbonyl (C=O) groups excluding carboxylic acids is 1. The normalized spacial score (nSPS) is 14.7. The Morgan fingerprint density at radius 1 is 0.972 bits per heavy atom. The zero-order valence-electron chi connectivity index (χ0n) is 20.5. The number of para-hydroxylation sites is 2. The molecule has 7 heteroatoms. The monoisotopic (exact) mass is 502 g/mol. The van der Waals surface area contributed by atoms with Gasteiger partial charge in [-0.25, -0.2) is 4.98 Å². The van der Waals surface area contributed by atoms with E-state index in [9.17, 15) is 4.79 Å². The summed E-state index contributed by atoms with van der Waals surface area (Å²) >= 11 is 5.95. The van der Waals surface area contributed by atoms with E-state index in [-0.39, 0.29) is 11.8 Å². The number of hydrogen-bond acceptors (Lipinski definition) is 4. The van der Waals surface area contributed by atoms with Gasteiger partial charge in [-0.05, 0) is 73.5 Å². The van der Waals surface area contributed by atoms with Crippen LogP contribution < -0.4 is 10.1 Å². The molecule has 4 aromatic rings. The minimum Gasteiger partial charge on any atom is -0.497 e. The third-order valence-electron chi connectivity index (χ3n) is 6.94. The van der Waals surface area contributed by atoms with Gasteiger partial charge in [-0.1, -0.05) is 48.0 Å². The van der Waals surface area contributed by atoms with Crippen molar-refractivity contribution in [1.29, 1.82) is 0 Å². The number of ether oxygens (including phenoxy) is 1. The van der Waals surface area contributed by atoms with Crippen LogP contribution in [0.4, 0.5) is 0 Å². The number of methoxy groups -OCH3 is 1. The average Bonchev–Trinajstić information content (AvgIpc) is 3.25. The summed E-state index contributed by atoms with van der Waals surface area (Å²) in [7, 11) is 1.68. The van der Waals surface area contributed by atoms with Crippen molar-refractivity contribution in [3.63, 3.8) is 0 Å². The van der Waals surface area contributed by atoms with Crippen molar-refractivity contribution in [2.45, 2.75) is 32.5 Å². The number of carbonyl (C=O) groups is 1. The molecule has 1 aromatic heterocycles. The van der Waals surface area contributed by atoms with E-state index < -0.39 is 0 Å². The summed E-state index contributed by atoms with van der Waals surface area (Å²) in [6.45, 7) is 3.81. The SMILES string of the molecule is COc1ccc(Cn2c(CN3CCC(C(=O)NCc4ccc(Cl)cc4)CC3)nc3ccccc32)cc1. The second kappa shape index (κ2) is 11.1. The maximum Gasteiger partial charge on any atom is 0.223 e. The largest absolute Gasteiger partial charge is 0.497 e. The van der Waals surface area contributed by atoms with Gasteiger partial charge in [0.1, 0.15) is 11.6 Å². The molecule has 186 valence electrons. The van der Waals surface area contributed by atoms with Crippen LogP contribution in [0, 0.1) is 5.92 Å². The number of piperidine rings is 1. The van der Waals surface area contributed by atoms with Crippen molar-refractivity contribution in [1.82, 2.24) is 19.8 Å². The summed E-state index contributed by atoms with van der Waals surface area (Å²) in [4.78, 5) is 20.1. The molecule has 0 bridgehead atoms. The summed E-state index contributed by atoms with van der Waals surface area (Å²) in [5.74, 6) is 2.09. The third-order valence-corrected chi connectivity index (χ3v) is 7.19. The van der Waals surface area contributed by atoms with E-state index in [2.05, 4.69) is 45.1 Å². The maximum absolute atomic E-state index is 12.7. The molecular formula is C29H31ClN4O2. The van der Waals surface area contributed by atoms with E-state index in [0.29, 0.717) is 11.6 Å². The molecule has 0 atom stereocenters. The minimum absolute atomic E-state index is 0.0478. The first kappa shape index (κ1) is 24.3. The molecule has 3 aromatic carbocycles. The number of hydrogen-bond donors (Lipinski definition) is 1. The molecule has 6 nitrogen and oxygen atoms in total. The molecule has 0 spiro atoms. The first-order chi connectivity index (χ1) is 17.6. The number of benzene rings is 3. The van der Waals surface area contributed by atoms with Gasteiger partial charge in [-0.3, -0.25) is 9.69 Å². The summed E-state index contributed by atoms with van der Waals surface area (Å²) in [6.07, 6.45) is 1.70.